The van der Waals surface area contributed by atoms with E-state index in [9.17, 15) is 0 Å². The molecular weight excluding hydrogens is 1710 g/mol. The Morgan fingerprint density at radius 1 is 0.157 bits per heavy atom. The van der Waals surface area contributed by atoms with Crippen molar-refractivity contribution in [3.8, 4) is 89.0 Å². The Labute approximate surface area is 796 Å². The van der Waals surface area contributed by atoms with E-state index in [4.69, 9.17) is 44.9 Å². The van der Waals surface area contributed by atoms with E-state index in [1.165, 1.54) is 178 Å². The lowest BCUT2D eigenvalue weighted by molar-refractivity contribution is 1.24. The van der Waals surface area contributed by atoms with Gasteiger partial charge in [0.25, 0.3) is 0 Å². The number of fused-ring (bicyclic) bond motifs is 64. The number of nitrogens with zero attached hydrogens (tertiary/aromatic N) is 16. The smallest absolute Gasteiger partial charge is 0.165 e. The van der Waals surface area contributed by atoms with Crippen molar-refractivity contribution in [2.75, 3.05) is 0 Å². The largest absolute Gasteiger partial charge is 0.290 e. The van der Waals surface area contributed by atoms with Crippen LogP contribution >= 0.6 is 0 Å². The zero-order chi connectivity index (χ0) is 90.7. The summed E-state index contributed by atoms with van der Waals surface area (Å²) < 4.78 is 9.06. The van der Waals surface area contributed by atoms with Crippen molar-refractivity contribution in [3.63, 3.8) is 0 Å². The van der Waals surface area contributed by atoms with Gasteiger partial charge in [0.05, 0.1) is 82.8 Å². The van der Waals surface area contributed by atoms with Gasteiger partial charge < -0.3 is 0 Å². The molecule has 0 radical (unpaired) electrons. The van der Waals surface area contributed by atoms with Crippen LogP contribution in [0.15, 0.2) is 341 Å². The van der Waals surface area contributed by atoms with Crippen molar-refractivity contribution in [2.24, 2.45) is 0 Å². The predicted molar refractivity (Wildman–Crippen MR) is 559 cm³/mol. The Morgan fingerprint density at radius 3 is 0.843 bits per heavy atom. The first kappa shape index (κ1) is 75.1. The van der Waals surface area contributed by atoms with E-state index >= 15 is 0 Å². The SMILES string of the molecule is c1ccc2c(c1)Cc1ccc3c(c1-2)-c1ccc2c(nc4c5cccnc5c5ncccc5n24)c1C3.c1ccc2c(c1)Cc1ccc3c(c1-2)-c1ccc2c(nc4c5ccncc5c5ncccc5n24)c1C3.c1ccc2c(c1)Cc1ccc3c(c1-2)-c1ccc2c(nc4c5cnccc5c5ncccc5n24)c1C3.c1ccc2c(c1)Cc1ccc3c(c1-2)-c1ccc2c(nc4c5ncccc5c5ncccc5n24)c1C3. The van der Waals surface area contributed by atoms with Crippen LogP contribution in [0.5, 0.6) is 0 Å². The van der Waals surface area contributed by atoms with Crippen LogP contribution in [0, 0.1) is 0 Å². The summed E-state index contributed by atoms with van der Waals surface area (Å²) in [6, 6.07) is 101. The number of aromatic nitrogens is 16. The highest BCUT2D eigenvalue weighted by molar-refractivity contribution is 6.18. The molecule has 0 unspecified atom stereocenters. The van der Waals surface area contributed by atoms with Crippen LogP contribution in [0.2, 0.25) is 0 Å². The van der Waals surface area contributed by atoms with Crippen molar-refractivity contribution in [2.45, 2.75) is 51.4 Å². The first-order valence-corrected chi connectivity index (χ1v) is 48.2. The molecule has 12 aromatic carbocycles. The van der Waals surface area contributed by atoms with Gasteiger partial charge in [-0.05, 0) is 313 Å². The minimum Gasteiger partial charge on any atom is -0.290 e. The maximum atomic E-state index is 5.29. The molecule has 0 fully saturated rings. The number of imidazole rings is 4. The van der Waals surface area contributed by atoms with Gasteiger partial charge in [-0.1, -0.05) is 170 Å². The minimum atomic E-state index is 0.897. The lowest BCUT2D eigenvalue weighted by Crippen LogP contribution is -1.94. The van der Waals surface area contributed by atoms with Crippen LogP contribution in [0.25, 0.3) is 243 Å². The Hall–Kier alpha value is -18.3. The lowest BCUT2D eigenvalue weighted by Gasteiger charge is -2.10. The highest BCUT2D eigenvalue weighted by atomic mass is 15.1. The van der Waals surface area contributed by atoms with Crippen LogP contribution in [-0.2, 0) is 51.4 Å². The molecule has 16 nitrogen and oxygen atoms in total. The molecule has 0 amide bonds. The van der Waals surface area contributed by atoms with Gasteiger partial charge in [0, 0.05) is 120 Å². The lowest BCUT2D eigenvalue weighted by atomic mass is 9.94. The number of rotatable bonds is 0. The van der Waals surface area contributed by atoms with Gasteiger partial charge in [0.2, 0.25) is 0 Å². The molecule has 648 valence electrons. The molecule has 16 aromatic heterocycles. The fourth-order valence-corrected chi connectivity index (χ4v) is 26.0. The molecule has 0 saturated carbocycles. The summed E-state index contributed by atoms with van der Waals surface area (Å²) in [6.45, 7) is 0. The zero-order valence-corrected chi connectivity index (χ0v) is 75.1. The van der Waals surface area contributed by atoms with Crippen molar-refractivity contribution >= 4 is 154 Å². The second-order valence-electron chi connectivity index (χ2n) is 38.6. The van der Waals surface area contributed by atoms with E-state index in [1.54, 1.807) is 0 Å². The van der Waals surface area contributed by atoms with Crippen molar-refractivity contribution in [1.29, 1.82) is 0 Å². The summed E-state index contributed by atoms with van der Waals surface area (Å²) >= 11 is 0. The number of pyridine rings is 12. The predicted octanol–water partition coefficient (Wildman–Crippen LogP) is 26.9. The first-order chi connectivity index (χ1) is 69.5. The Balaban J connectivity index is 0.0000000829. The van der Waals surface area contributed by atoms with Gasteiger partial charge in [-0.15, -0.1) is 0 Å². The molecule has 8 aliphatic carbocycles. The fraction of sp³-hybridized carbons (Fsp3) is 0.0645. The average Bonchev–Trinajstić information content (AvgIpc) is 1.55. The molecule has 8 aliphatic rings. The summed E-state index contributed by atoms with van der Waals surface area (Å²) in [5.41, 5.74) is 67.0. The quantitative estimate of drug-likeness (QED) is 0.132. The Kier molecular flexibility index (Phi) is 14.9. The molecule has 16 heteroatoms. The van der Waals surface area contributed by atoms with E-state index in [2.05, 4.69) is 269 Å². The van der Waals surface area contributed by atoms with Crippen molar-refractivity contribution in [1.82, 2.24) is 77.4 Å². The molecule has 0 saturated heterocycles. The molecule has 28 aromatic rings. The van der Waals surface area contributed by atoms with Gasteiger partial charge in [-0.3, -0.25) is 57.5 Å². The first-order valence-electron chi connectivity index (χ1n) is 48.2. The summed E-state index contributed by atoms with van der Waals surface area (Å²) in [4.78, 5) is 58.2. The number of benzene rings is 12. The molecule has 16 heterocycles. The summed E-state index contributed by atoms with van der Waals surface area (Å²) in [7, 11) is 0. The molecule has 0 spiro atoms. The summed E-state index contributed by atoms with van der Waals surface area (Å²) in [6.07, 6.45) is 26.3. The highest BCUT2D eigenvalue weighted by Gasteiger charge is 2.38. The molecule has 0 N–H and O–H groups in total. The van der Waals surface area contributed by atoms with E-state index in [0.29, 0.717) is 0 Å². The summed E-state index contributed by atoms with van der Waals surface area (Å²) in [5.74, 6) is 0. The third-order valence-electron chi connectivity index (χ3n) is 31.7. The van der Waals surface area contributed by atoms with E-state index in [0.717, 1.165) is 206 Å². The zero-order valence-electron chi connectivity index (χ0n) is 75.1. The van der Waals surface area contributed by atoms with Gasteiger partial charge in [0.1, 0.15) is 33.5 Å². The molecule has 140 heavy (non-hydrogen) atoms. The van der Waals surface area contributed by atoms with Gasteiger partial charge in [0.15, 0.2) is 5.65 Å². The molecule has 0 aliphatic heterocycles. The minimum absolute atomic E-state index is 0.897. The van der Waals surface area contributed by atoms with Crippen LogP contribution in [0.4, 0.5) is 0 Å². The number of hydrogen-bond donors (Lipinski definition) is 0. The standard InChI is InChI=1S/4C31H18N4/c1-2-6-20-17(5-1)15-18-9-10-19-16-23-21(27(19)26(18)20)11-12-25-28(23)34-31-22-7-3-13-32-29(22)30-24(35(25)31)8-4-14-33-30;1-2-6-20-17(5-1)15-18-9-10-19-16-23-21(27(19)26(18)20)11-12-25-29(23)34-31-30-22(7-3-13-33-30)28-24(35(25)31)8-4-14-32-28;1-2-5-20-17(4-1)14-18-7-8-19-15-23-21(28(19)27(18)20)9-10-26-30(23)34-31-22-11-13-32-16-24(22)29-25(35(26)31)6-3-12-33-29;1-2-5-20-17(4-1)14-18-7-8-19-15-23-21(28(19)27(18)20)9-10-26-30(23)34-31-24-16-32-13-11-22(24)29-25(35(26)31)6-3-12-33-29/h2*1-14H,15-16H2;2*1-13,16H,14-15H2. The maximum Gasteiger partial charge on any atom is 0.165 e. The fourth-order valence-electron chi connectivity index (χ4n) is 26.0. The van der Waals surface area contributed by atoms with E-state index < -0.39 is 0 Å². The molecule has 0 atom stereocenters. The average molecular weight is 1790 g/mol. The van der Waals surface area contributed by atoms with E-state index in [1.807, 2.05) is 104 Å². The Morgan fingerprint density at radius 2 is 0.436 bits per heavy atom. The van der Waals surface area contributed by atoms with Crippen LogP contribution < -0.4 is 0 Å². The highest BCUT2D eigenvalue weighted by Crippen LogP contribution is 2.57. The van der Waals surface area contributed by atoms with Crippen LogP contribution in [-0.4, -0.2) is 77.4 Å². The maximum absolute atomic E-state index is 5.29. The normalized spacial score (nSPS) is 13.5. The van der Waals surface area contributed by atoms with Crippen LogP contribution in [0.3, 0.4) is 0 Å². The van der Waals surface area contributed by atoms with Gasteiger partial charge in [-0.25, -0.2) is 19.9 Å². The monoisotopic (exact) mass is 1780 g/mol. The molecule has 36 rings (SSSR count). The topological polar surface area (TPSA) is 172 Å². The summed E-state index contributed by atoms with van der Waals surface area (Å²) in [5, 5.41) is 6.33. The van der Waals surface area contributed by atoms with E-state index in [-0.39, 0.29) is 0 Å². The molecular formula is C124H72N16. The van der Waals surface area contributed by atoms with Crippen molar-refractivity contribution in [3.05, 3.63) is 430 Å². The third kappa shape index (κ3) is 10.1. The Bertz CT molecular complexity index is 9460. The van der Waals surface area contributed by atoms with Crippen LogP contribution in [0.1, 0.15) is 89.0 Å². The van der Waals surface area contributed by atoms with Gasteiger partial charge in [-0.2, -0.15) is 0 Å². The number of hydrogen-bond acceptors (Lipinski definition) is 12. The molecule has 0 bridgehead atoms. The van der Waals surface area contributed by atoms with Crippen molar-refractivity contribution < 1.29 is 0 Å². The second kappa shape index (κ2) is 27.7. The van der Waals surface area contributed by atoms with Gasteiger partial charge >= 0.3 is 0 Å². The third-order valence-corrected chi connectivity index (χ3v) is 31.7. The second-order valence-corrected chi connectivity index (χ2v) is 38.6.